The van der Waals surface area contributed by atoms with Gasteiger partial charge in [0.1, 0.15) is 0 Å². The third-order valence-corrected chi connectivity index (χ3v) is 4.86. The zero-order chi connectivity index (χ0) is 15.2. The van der Waals surface area contributed by atoms with E-state index in [1.807, 2.05) is 7.11 Å². The van der Waals surface area contributed by atoms with Crippen LogP contribution in [0.25, 0.3) is 0 Å². The van der Waals surface area contributed by atoms with E-state index in [9.17, 15) is 0 Å². The lowest BCUT2D eigenvalue weighted by Crippen LogP contribution is -2.48. The van der Waals surface area contributed by atoms with Crippen LogP contribution in [0.3, 0.4) is 0 Å². The molecular weight excluding hydrogens is 260 g/mol. The largest absolute Gasteiger partial charge is 0.380 e. The summed E-state index contributed by atoms with van der Waals surface area (Å²) in [7, 11) is 3.89. The standard InChI is InChI=1S/C18H30N2O/c1-5-15-8-10-16(11-9-15)18(19-3)14(2)20-12-6-7-17(13-20)21-4/h8-11,14,17-19H,5-7,12-13H2,1-4H3. The molecule has 1 aromatic carbocycles. The molecule has 1 fully saturated rings. The van der Waals surface area contributed by atoms with Crippen LogP contribution < -0.4 is 5.32 Å². The molecule has 1 saturated heterocycles. The summed E-state index contributed by atoms with van der Waals surface area (Å²) in [6.45, 7) is 6.74. The van der Waals surface area contributed by atoms with Crippen molar-refractivity contribution < 1.29 is 4.74 Å². The van der Waals surface area contributed by atoms with Gasteiger partial charge >= 0.3 is 0 Å². The molecule has 0 aliphatic carbocycles. The van der Waals surface area contributed by atoms with Gasteiger partial charge in [-0.3, -0.25) is 4.90 Å². The van der Waals surface area contributed by atoms with Crippen molar-refractivity contribution in [3.63, 3.8) is 0 Å². The number of nitrogens with one attached hydrogen (secondary N) is 1. The van der Waals surface area contributed by atoms with Crippen LogP contribution in [0.5, 0.6) is 0 Å². The van der Waals surface area contributed by atoms with Crippen LogP contribution in [0.1, 0.15) is 43.9 Å². The Hall–Kier alpha value is -0.900. The Bertz CT molecular complexity index is 418. The number of nitrogens with zero attached hydrogens (tertiary/aromatic N) is 1. The molecule has 3 atom stereocenters. The number of hydrogen-bond acceptors (Lipinski definition) is 3. The predicted molar refractivity (Wildman–Crippen MR) is 88.7 cm³/mol. The van der Waals surface area contributed by atoms with Crippen LogP contribution in [0.4, 0.5) is 0 Å². The molecule has 118 valence electrons. The summed E-state index contributed by atoms with van der Waals surface area (Å²) in [5.41, 5.74) is 2.78. The fourth-order valence-electron chi connectivity index (χ4n) is 3.39. The van der Waals surface area contributed by atoms with Crippen LogP contribution in [0.2, 0.25) is 0 Å². The molecule has 1 aromatic rings. The Kier molecular flexibility index (Phi) is 6.22. The summed E-state index contributed by atoms with van der Waals surface area (Å²) in [6.07, 6.45) is 3.91. The second-order valence-corrected chi connectivity index (χ2v) is 6.10. The fourth-order valence-corrected chi connectivity index (χ4v) is 3.39. The Labute approximate surface area is 129 Å². The Morgan fingerprint density at radius 2 is 2.05 bits per heavy atom. The summed E-state index contributed by atoms with van der Waals surface area (Å²) in [4.78, 5) is 2.56. The van der Waals surface area contributed by atoms with Crippen LogP contribution in [0.15, 0.2) is 24.3 Å². The van der Waals surface area contributed by atoms with Crippen molar-refractivity contribution in [1.29, 1.82) is 0 Å². The van der Waals surface area contributed by atoms with Gasteiger partial charge in [0.05, 0.1) is 6.10 Å². The molecule has 1 heterocycles. The quantitative estimate of drug-likeness (QED) is 0.871. The Morgan fingerprint density at radius 3 is 2.62 bits per heavy atom. The van der Waals surface area contributed by atoms with Gasteiger partial charge in [0, 0.05) is 25.7 Å². The lowest BCUT2D eigenvalue weighted by Gasteiger charge is -2.39. The van der Waals surface area contributed by atoms with Gasteiger partial charge in [0.25, 0.3) is 0 Å². The first-order valence-corrected chi connectivity index (χ1v) is 8.22. The number of piperidine rings is 1. The molecule has 0 amide bonds. The van der Waals surface area contributed by atoms with Crippen LogP contribution in [0, 0.1) is 0 Å². The van der Waals surface area contributed by atoms with Crippen molar-refractivity contribution >= 4 is 0 Å². The molecule has 0 aromatic heterocycles. The van der Waals surface area contributed by atoms with E-state index in [0.29, 0.717) is 18.2 Å². The monoisotopic (exact) mass is 290 g/mol. The van der Waals surface area contributed by atoms with Gasteiger partial charge in [-0.05, 0) is 50.9 Å². The zero-order valence-electron chi connectivity index (χ0n) is 13.9. The van der Waals surface area contributed by atoms with Crippen LogP contribution in [-0.2, 0) is 11.2 Å². The van der Waals surface area contributed by atoms with E-state index < -0.39 is 0 Å². The van der Waals surface area contributed by atoms with Crippen molar-refractivity contribution in [2.24, 2.45) is 0 Å². The lowest BCUT2D eigenvalue weighted by atomic mass is 9.95. The van der Waals surface area contributed by atoms with E-state index in [2.05, 4.69) is 55.4 Å². The second-order valence-electron chi connectivity index (χ2n) is 6.10. The van der Waals surface area contributed by atoms with Crippen molar-refractivity contribution in [3.8, 4) is 0 Å². The molecule has 3 heteroatoms. The normalized spacial score (nSPS) is 23.0. The van der Waals surface area contributed by atoms with E-state index in [0.717, 1.165) is 13.0 Å². The molecule has 1 aliphatic heterocycles. The summed E-state index contributed by atoms with van der Waals surface area (Å²) in [6, 6.07) is 9.89. The number of rotatable bonds is 6. The van der Waals surface area contributed by atoms with Gasteiger partial charge in [0.2, 0.25) is 0 Å². The van der Waals surface area contributed by atoms with Gasteiger partial charge in [-0.1, -0.05) is 31.2 Å². The minimum absolute atomic E-state index is 0.367. The predicted octanol–water partition coefficient (Wildman–Crippen LogP) is 3.01. The maximum absolute atomic E-state index is 5.56. The summed E-state index contributed by atoms with van der Waals surface area (Å²) in [5.74, 6) is 0. The number of ether oxygens (including phenoxy) is 1. The molecule has 0 bridgehead atoms. The maximum Gasteiger partial charge on any atom is 0.0698 e. The van der Waals surface area contributed by atoms with Gasteiger partial charge in [-0.25, -0.2) is 0 Å². The average molecular weight is 290 g/mol. The van der Waals surface area contributed by atoms with E-state index in [4.69, 9.17) is 4.74 Å². The highest BCUT2D eigenvalue weighted by Gasteiger charge is 2.28. The van der Waals surface area contributed by atoms with E-state index >= 15 is 0 Å². The minimum Gasteiger partial charge on any atom is -0.380 e. The summed E-state index contributed by atoms with van der Waals surface area (Å²) >= 11 is 0. The summed E-state index contributed by atoms with van der Waals surface area (Å²) < 4.78 is 5.56. The molecule has 2 rings (SSSR count). The number of likely N-dealkylation sites (tertiary alicyclic amines) is 1. The average Bonchev–Trinajstić information content (AvgIpc) is 2.56. The SMILES string of the molecule is CCc1ccc(C(NC)C(C)N2CCCC(OC)C2)cc1. The highest BCUT2D eigenvalue weighted by molar-refractivity contribution is 5.26. The third kappa shape index (κ3) is 4.06. The smallest absolute Gasteiger partial charge is 0.0698 e. The van der Waals surface area contributed by atoms with Crippen molar-refractivity contribution in [2.75, 3.05) is 27.2 Å². The van der Waals surface area contributed by atoms with Gasteiger partial charge in [-0.2, -0.15) is 0 Å². The highest BCUT2D eigenvalue weighted by Crippen LogP contribution is 2.24. The first-order chi connectivity index (χ1) is 10.2. The molecule has 0 radical (unpaired) electrons. The Morgan fingerprint density at radius 1 is 1.33 bits per heavy atom. The van der Waals surface area contributed by atoms with Crippen LogP contribution >= 0.6 is 0 Å². The molecule has 0 saturated carbocycles. The van der Waals surface area contributed by atoms with E-state index in [1.54, 1.807) is 0 Å². The van der Waals surface area contributed by atoms with Crippen molar-refractivity contribution in [2.45, 2.75) is 51.3 Å². The number of hydrogen-bond donors (Lipinski definition) is 1. The van der Waals surface area contributed by atoms with Gasteiger partial charge < -0.3 is 10.1 Å². The highest BCUT2D eigenvalue weighted by atomic mass is 16.5. The van der Waals surface area contributed by atoms with Crippen molar-refractivity contribution in [1.82, 2.24) is 10.2 Å². The molecule has 1 N–H and O–H groups in total. The Balaban J connectivity index is 2.07. The lowest BCUT2D eigenvalue weighted by molar-refractivity contribution is 0.0111. The molecule has 0 spiro atoms. The molecule has 1 aliphatic rings. The first-order valence-electron chi connectivity index (χ1n) is 8.22. The van der Waals surface area contributed by atoms with Gasteiger partial charge in [0.15, 0.2) is 0 Å². The number of methoxy groups -OCH3 is 1. The topological polar surface area (TPSA) is 24.5 Å². The first kappa shape index (κ1) is 16.5. The summed E-state index contributed by atoms with van der Waals surface area (Å²) in [5, 5.41) is 3.50. The molecule has 3 unspecified atom stereocenters. The second kappa shape index (κ2) is 7.92. The van der Waals surface area contributed by atoms with Crippen molar-refractivity contribution in [3.05, 3.63) is 35.4 Å². The molecule has 21 heavy (non-hydrogen) atoms. The zero-order valence-corrected chi connectivity index (χ0v) is 13.9. The van der Waals surface area contributed by atoms with E-state index in [1.165, 1.54) is 30.5 Å². The fraction of sp³-hybridized carbons (Fsp3) is 0.667. The van der Waals surface area contributed by atoms with Gasteiger partial charge in [-0.15, -0.1) is 0 Å². The number of benzene rings is 1. The van der Waals surface area contributed by atoms with E-state index in [-0.39, 0.29) is 0 Å². The molecular formula is C18H30N2O. The number of likely N-dealkylation sites (N-methyl/N-ethyl adjacent to an activating group) is 1. The maximum atomic E-state index is 5.56. The van der Waals surface area contributed by atoms with Crippen LogP contribution in [-0.4, -0.2) is 44.3 Å². The molecule has 3 nitrogen and oxygen atoms in total. The minimum atomic E-state index is 0.367. The number of aryl methyl sites for hydroxylation is 1. The third-order valence-electron chi connectivity index (χ3n) is 4.86.